The SMILES string of the molecule is C=C1C(Cl)=[C]C=CC1Cl. The van der Waals surface area contributed by atoms with Crippen LogP contribution in [0.1, 0.15) is 0 Å². The molecule has 0 N–H and O–H groups in total. The van der Waals surface area contributed by atoms with Gasteiger partial charge < -0.3 is 0 Å². The zero-order chi connectivity index (χ0) is 6.85. The average Bonchev–Trinajstić information content (AvgIpc) is 1.83. The Morgan fingerprint density at radius 1 is 1.67 bits per heavy atom. The Bertz CT molecular complexity index is 189. The Morgan fingerprint density at radius 2 is 2.33 bits per heavy atom. The third-order valence-corrected chi connectivity index (χ3v) is 1.85. The molecule has 0 heterocycles. The molecule has 1 radical (unpaired) electrons. The van der Waals surface area contributed by atoms with Gasteiger partial charge in [0.2, 0.25) is 0 Å². The molecule has 0 amide bonds. The first kappa shape index (κ1) is 6.91. The quantitative estimate of drug-likeness (QED) is 0.478. The van der Waals surface area contributed by atoms with Gasteiger partial charge in [-0.05, 0) is 5.57 Å². The van der Waals surface area contributed by atoms with E-state index in [-0.39, 0.29) is 5.38 Å². The van der Waals surface area contributed by atoms with E-state index in [1.54, 1.807) is 12.2 Å². The second-order valence-electron chi connectivity index (χ2n) is 1.74. The van der Waals surface area contributed by atoms with Gasteiger partial charge in [-0.2, -0.15) is 0 Å². The Morgan fingerprint density at radius 3 is 2.78 bits per heavy atom. The zero-order valence-corrected chi connectivity index (χ0v) is 6.21. The fourth-order valence-corrected chi connectivity index (χ4v) is 0.954. The highest BCUT2D eigenvalue weighted by atomic mass is 35.5. The number of hydrogen-bond donors (Lipinski definition) is 0. The van der Waals surface area contributed by atoms with Crippen LogP contribution in [0.25, 0.3) is 0 Å². The highest BCUT2D eigenvalue weighted by molar-refractivity contribution is 6.34. The maximum Gasteiger partial charge on any atom is 0.0778 e. The van der Waals surface area contributed by atoms with E-state index in [1.807, 2.05) is 0 Å². The summed E-state index contributed by atoms with van der Waals surface area (Å²) in [4.78, 5) is 0. The highest BCUT2D eigenvalue weighted by Gasteiger charge is 2.10. The highest BCUT2D eigenvalue weighted by Crippen LogP contribution is 2.24. The molecule has 2 heteroatoms. The van der Waals surface area contributed by atoms with Crippen LogP contribution in [0.15, 0.2) is 29.3 Å². The van der Waals surface area contributed by atoms with Crippen molar-refractivity contribution in [1.82, 2.24) is 0 Å². The molecule has 0 saturated heterocycles. The van der Waals surface area contributed by atoms with Crippen molar-refractivity contribution in [3.05, 3.63) is 35.4 Å². The lowest BCUT2D eigenvalue weighted by atomic mass is 10.1. The molecular formula is C7H5Cl2. The summed E-state index contributed by atoms with van der Waals surface area (Å²) in [5, 5.41) is 0.372. The number of hydrogen-bond acceptors (Lipinski definition) is 0. The number of alkyl halides is 1. The minimum absolute atomic E-state index is 0.154. The predicted molar refractivity (Wildman–Crippen MR) is 40.5 cm³/mol. The van der Waals surface area contributed by atoms with E-state index in [0.29, 0.717) is 5.03 Å². The van der Waals surface area contributed by atoms with Crippen LogP contribution in [-0.2, 0) is 0 Å². The van der Waals surface area contributed by atoms with Crippen molar-refractivity contribution in [3.8, 4) is 0 Å². The van der Waals surface area contributed by atoms with Crippen molar-refractivity contribution in [2.24, 2.45) is 0 Å². The Hall–Kier alpha value is -0.200. The van der Waals surface area contributed by atoms with Crippen LogP contribution in [0.5, 0.6) is 0 Å². The topological polar surface area (TPSA) is 0 Å². The molecule has 9 heavy (non-hydrogen) atoms. The number of halogens is 2. The van der Waals surface area contributed by atoms with Gasteiger partial charge in [-0.1, -0.05) is 30.3 Å². The zero-order valence-electron chi connectivity index (χ0n) is 4.70. The Balaban J connectivity index is 2.86. The molecule has 0 fully saturated rings. The molecule has 0 saturated carbocycles. The lowest BCUT2D eigenvalue weighted by Gasteiger charge is -2.09. The number of allylic oxidation sites excluding steroid dienone is 5. The lowest BCUT2D eigenvalue weighted by Crippen LogP contribution is -2.00. The van der Waals surface area contributed by atoms with E-state index >= 15 is 0 Å². The molecule has 1 aliphatic carbocycles. The fourth-order valence-electron chi connectivity index (χ4n) is 0.536. The fraction of sp³-hybridized carbons (Fsp3) is 0.143. The second-order valence-corrected chi connectivity index (χ2v) is 2.59. The van der Waals surface area contributed by atoms with Gasteiger partial charge in [0.15, 0.2) is 0 Å². The maximum absolute atomic E-state index is 5.73. The van der Waals surface area contributed by atoms with Crippen molar-refractivity contribution in [2.75, 3.05) is 0 Å². The summed E-state index contributed by atoms with van der Waals surface area (Å²) in [5.74, 6) is 0. The smallest absolute Gasteiger partial charge is 0.0778 e. The van der Waals surface area contributed by atoms with E-state index in [2.05, 4.69) is 12.7 Å². The summed E-state index contributed by atoms with van der Waals surface area (Å²) >= 11 is 11.4. The molecule has 1 aliphatic rings. The molecule has 1 unspecified atom stereocenters. The maximum atomic E-state index is 5.73. The van der Waals surface area contributed by atoms with E-state index in [9.17, 15) is 0 Å². The molecule has 1 atom stereocenters. The third kappa shape index (κ3) is 1.38. The summed E-state index contributed by atoms with van der Waals surface area (Å²) in [6.45, 7) is 3.66. The molecule has 0 aliphatic heterocycles. The van der Waals surface area contributed by atoms with Gasteiger partial charge >= 0.3 is 0 Å². The van der Waals surface area contributed by atoms with Crippen molar-refractivity contribution in [3.63, 3.8) is 0 Å². The van der Waals surface area contributed by atoms with Crippen molar-refractivity contribution in [2.45, 2.75) is 5.38 Å². The summed E-state index contributed by atoms with van der Waals surface area (Å²) in [5.41, 5.74) is 0.723. The number of rotatable bonds is 0. The van der Waals surface area contributed by atoms with E-state index in [4.69, 9.17) is 23.2 Å². The van der Waals surface area contributed by atoms with Crippen molar-refractivity contribution < 1.29 is 0 Å². The minimum Gasteiger partial charge on any atom is -0.113 e. The van der Waals surface area contributed by atoms with E-state index in [0.717, 1.165) is 5.57 Å². The van der Waals surface area contributed by atoms with Crippen molar-refractivity contribution in [1.29, 1.82) is 0 Å². The molecule has 1 rings (SSSR count). The largest absolute Gasteiger partial charge is 0.113 e. The molecule has 0 nitrogen and oxygen atoms in total. The Kier molecular flexibility index (Phi) is 1.99. The first-order valence-electron chi connectivity index (χ1n) is 2.50. The molecular weight excluding hydrogens is 155 g/mol. The van der Waals surface area contributed by atoms with Gasteiger partial charge in [-0.25, -0.2) is 0 Å². The summed E-state index contributed by atoms with van der Waals surface area (Å²) in [6, 6.07) is 0. The van der Waals surface area contributed by atoms with Crippen LogP contribution in [0.4, 0.5) is 0 Å². The standard InChI is InChI=1S/C7H5Cl2/c1-5-6(8)3-2-4-7(5)9/h2-3,6H,1H2. The van der Waals surface area contributed by atoms with Crippen LogP contribution in [0.3, 0.4) is 0 Å². The van der Waals surface area contributed by atoms with Crippen LogP contribution in [0, 0.1) is 6.08 Å². The molecule has 0 aromatic carbocycles. The van der Waals surface area contributed by atoms with Crippen LogP contribution >= 0.6 is 23.2 Å². The van der Waals surface area contributed by atoms with Gasteiger partial charge in [0.25, 0.3) is 0 Å². The lowest BCUT2D eigenvalue weighted by molar-refractivity contribution is 1.26. The minimum atomic E-state index is -0.154. The van der Waals surface area contributed by atoms with Gasteiger partial charge in [0.05, 0.1) is 10.4 Å². The van der Waals surface area contributed by atoms with Crippen LogP contribution in [0.2, 0.25) is 0 Å². The van der Waals surface area contributed by atoms with Crippen LogP contribution in [-0.4, -0.2) is 5.38 Å². The van der Waals surface area contributed by atoms with E-state index in [1.165, 1.54) is 0 Å². The monoisotopic (exact) mass is 159 g/mol. The summed E-state index contributed by atoms with van der Waals surface area (Å²) in [6.07, 6.45) is 6.27. The second kappa shape index (κ2) is 2.59. The molecule has 0 aromatic heterocycles. The predicted octanol–water partition coefficient (Wildman–Crippen LogP) is 2.65. The average molecular weight is 160 g/mol. The van der Waals surface area contributed by atoms with Crippen LogP contribution < -0.4 is 0 Å². The first-order chi connectivity index (χ1) is 4.22. The van der Waals surface area contributed by atoms with Gasteiger partial charge in [0, 0.05) is 6.08 Å². The van der Waals surface area contributed by atoms with Gasteiger partial charge in [-0.15, -0.1) is 11.6 Å². The molecule has 0 aromatic rings. The molecule has 47 valence electrons. The first-order valence-corrected chi connectivity index (χ1v) is 3.32. The van der Waals surface area contributed by atoms with Gasteiger partial charge in [0.1, 0.15) is 0 Å². The van der Waals surface area contributed by atoms with Crippen molar-refractivity contribution >= 4 is 23.2 Å². The third-order valence-electron chi connectivity index (χ3n) is 1.09. The normalized spacial score (nSPS) is 26.2. The van der Waals surface area contributed by atoms with E-state index < -0.39 is 0 Å². The summed E-state index contributed by atoms with van der Waals surface area (Å²) in [7, 11) is 0. The summed E-state index contributed by atoms with van der Waals surface area (Å²) < 4.78 is 0. The molecule has 0 spiro atoms. The van der Waals surface area contributed by atoms with Gasteiger partial charge in [-0.3, -0.25) is 0 Å². The Labute approximate surface area is 64.5 Å². The molecule has 0 bridgehead atoms.